The predicted molar refractivity (Wildman–Crippen MR) is 150 cm³/mol. The second kappa shape index (κ2) is 12.2. The van der Waals surface area contributed by atoms with Crippen molar-refractivity contribution in [2.24, 2.45) is 5.41 Å². The van der Waals surface area contributed by atoms with Crippen LogP contribution in [-0.4, -0.2) is 61.3 Å². The number of hydrogen-bond acceptors (Lipinski definition) is 5. The van der Waals surface area contributed by atoms with E-state index in [1.54, 1.807) is 11.8 Å². The topological polar surface area (TPSA) is 80.3 Å². The second-order valence-electron chi connectivity index (χ2n) is 12.2. The van der Waals surface area contributed by atoms with E-state index in [1.807, 2.05) is 39.0 Å². The summed E-state index contributed by atoms with van der Waals surface area (Å²) in [5, 5.41) is 13.0. The van der Waals surface area contributed by atoms with Gasteiger partial charge in [0.05, 0.1) is 18.7 Å². The van der Waals surface area contributed by atoms with Gasteiger partial charge < -0.3 is 29.5 Å². The maximum atomic E-state index is 13.4. The fourth-order valence-corrected chi connectivity index (χ4v) is 5.65. The average Bonchev–Trinajstić information content (AvgIpc) is 3.29. The maximum absolute atomic E-state index is 13.4. The second-order valence-corrected chi connectivity index (χ2v) is 12.2. The zero-order chi connectivity index (χ0) is 32.6. The number of aryl methyl sites for hydroxylation is 1. The molecule has 0 spiro atoms. The molecular weight excluding hydrogens is 594 g/mol. The molecule has 1 fully saturated rings. The van der Waals surface area contributed by atoms with Gasteiger partial charge in [-0.15, -0.1) is 0 Å². The SMILES string of the molecule is CCCc1cc(C(O)(C(F)(F)F)C(F)(F)F)ccc1OCCCCN1CC(c2ccc3c(c2)OCCO3)(C(C)(C)C)NC1=O. The number of unbranched alkanes of at least 4 members (excludes halogenated alkanes) is 1. The van der Waals surface area contributed by atoms with Crippen LogP contribution in [0, 0.1) is 5.41 Å². The number of rotatable bonds is 10. The summed E-state index contributed by atoms with van der Waals surface area (Å²) in [5.74, 6) is 1.42. The van der Waals surface area contributed by atoms with Crippen molar-refractivity contribution < 1.29 is 50.5 Å². The Hall–Kier alpha value is -3.35. The average molecular weight is 633 g/mol. The van der Waals surface area contributed by atoms with Crippen LogP contribution in [0.3, 0.4) is 0 Å². The highest BCUT2D eigenvalue weighted by molar-refractivity contribution is 5.79. The lowest BCUT2D eigenvalue weighted by molar-refractivity contribution is -0.376. The van der Waals surface area contributed by atoms with Gasteiger partial charge in [-0.25, -0.2) is 4.79 Å². The predicted octanol–water partition coefficient (Wildman–Crippen LogP) is 6.85. The summed E-state index contributed by atoms with van der Waals surface area (Å²) < 4.78 is 97.4. The number of hydrogen-bond donors (Lipinski definition) is 2. The molecule has 1 unspecified atom stereocenters. The standard InChI is InChI=1S/C31H38F6N2O5/c1-5-8-20-17-22(29(41,30(32,33)34)31(35,36)37)10-11-23(20)42-14-7-6-13-39-19-28(27(2,3)4,38-26(39)40)21-9-12-24-25(18-21)44-16-15-43-24/h9-12,17-18,41H,5-8,13-16,19H2,1-4H3,(H,38,40). The van der Waals surface area contributed by atoms with E-state index in [9.17, 15) is 36.2 Å². The monoisotopic (exact) mass is 632 g/mol. The molecule has 1 atom stereocenters. The number of fused-ring (bicyclic) bond motifs is 1. The number of carbonyl (C=O) groups is 1. The van der Waals surface area contributed by atoms with E-state index < -0.39 is 29.1 Å². The van der Waals surface area contributed by atoms with Gasteiger partial charge in [0.2, 0.25) is 0 Å². The summed E-state index contributed by atoms with van der Waals surface area (Å²) in [6.45, 7) is 9.70. The summed E-state index contributed by atoms with van der Waals surface area (Å²) in [6.07, 6.45) is -10.3. The molecule has 2 amide bonds. The molecule has 2 heterocycles. The zero-order valence-electron chi connectivity index (χ0n) is 25.1. The molecule has 2 aliphatic rings. The number of nitrogens with one attached hydrogen (secondary N) is 1. The van der Waals surface area contributed by atoms with Gasteiger partial charge in [-0.3, -0.25) is 0 Å². The van der Waals surface area contributed by atoms with Crippen molar-refractivity contribution in [3.05, 3.63) is 53.1 Å². The Balaban J connectivity index is 1.41. The van der Waals surface area contributed by atoms with Gasteiger partial charge in [-0.1, -0.05) is 46.2 Å². The Morgan fingerprint density at radius 1 is 0.955 bits per heavy atom. The van der Waals surface area contributed by atoms with Gasteiger partial charge in [0, 0.05) is 12.1 Å². The van der Waals surface area contributed by atoms with Crippen LogP contribution in [0.1, 0.15) is 63.6 Å². The van der Waals surface area contributed by atoms with E-state index in [1.165, 1.54) is 0 Å². The van der Waals surface area contributed by atoms with Gasteiger partial charge in [0.1, 0.15) is 19.0 Å². The molecule has 0 saturated carbocycles. The van der Waals surface area contributed by atoms with Crippen molar-refractivity contribution in [1.82, 2.24) is 10.2 Å². The number of alkyl halides is 6. The number of benzene rings is 2. The molecule has 0 aliphatic carbocycles. The highest BCUT2D eigenvalue weighted by Crippen LogP contribution is 2.51. The maximum Gasteiger partial charge on any atom is 0.430 e. The van der Waals surface area contributed by atoms with Crippen LogP contribution in [0.5, 0.6) is 17.2 Å². The van der Waals surface area contributed by atoms with Gasteiger partial charge >= 0.3 is 18.4 Å². The summed E-state index contributed by atoms with van der Waals surface area (Å²) in [5.41, 5.74) is -6.36. The lowest BCUT2D eigenvalue weighted by atomic mass is 9.69. The van der Waals surface area contributed by atoms with Gasteiger partial charge in [-0.05, 0) is 60.1 Å². The van der Waals surface area contributed by atoms with Crippen molar-refractivity contribution in [3.63, 3.8) is 0 Å². The summed E-state index contributed by atoms with van der Waals surface area (Å²) in [7, 11) is 0. The molecule has 4 rings (SSSR count). The Bertz CT molecular complexity index is 1330. The first-order valence-corrected chi connectivity index (χ1v) is 14.5. The number of ether oxygens (including phenoxy) is 3. The molecule has 0 aromatic heterocycles. The minimum Gasteiger partial charge on any atom is -0.493 e. The smallest absolute Gasteiger partial charge is 0.430 e. The van der Waals surface area contributed by atoms with Crippen LogP contribution in [-0.2, 0) is 17.6 Å². The number of amides is 2. The number of carbonyl (C=O) groups excluding carboxylic acids is 1. The van der Waals surface area contributed by atoms with Crippen LogP contribution < -0.4 is 19.5 Å². The number of urea groups is 1. The molecule has 244 valence electrons. The van der Waals surface area contributed by atoms with Crippen LogP contribution in [0.25, 0.3) is 0 Å². The van der Waals surface area contributed by atoms with E-state index in [-0.39, 0.29) is 35.8 Å². The molecular formula is C31H38F6N2O5. The van der Waals surface area contributed by atoms with E-state index in [0.717, 1.165) is 11.6 Å². The van der Waals surface area contributed by atoms with Crippen molar-refractivity contribution in [3.8, 4) is 17.2 Å². The Morgan fingerprint density at radius 3 is 2.23 bits per heavy atom. The van der Waals surface area contributed by atoms with Gasteiger partial charge in [0.15, 0.2) is 11.5 Å². The van der Waals surface area contributed by atoms with Gasteiger partial charge in [0.25, 0.3) is 5.60 Å². The van der Waals surface area contributed by atoms with E-state index in [0.29, 0.717) is 69.2 Å². The molecule has 2 aromatic rings. The third kappa shape index (κ3) is 6.25. The van der Waals surface area contributed by atoms with Crippen LogP contribution in [0.4, 0.5) is 31.1 Å². The van der Waals surface area contributed by atoms with E-state index >= 15 is 0 Å². The Kier molecular flexibility index (Phi) is 9.31. The summed E-state index contributed by atoms with van der Waals surface area (Å²) >= 11 is 0. The highest BCUT2D eigenvalue weighted by Gasteiger charge is 2.71. The van der Waals surface area contributed by atoms with Crippen LogP contribution in [0.2, 0.25) is 0 Å². The molecule has 2 N–H and O–H groups in total. The molecule has 13 heteroatoms. The Labute approximate surface area is 252 Å². The third-order valence-electron chi connectivity index (χ3n) is 8.25. The van der Waals surface area contributed by atoms with Gasteiger partial charge in [-0.2, -0.15) is 26.3 Å². The fraction of sp³-hybridized carbons (Fsp3) is 0.581. The lowest BCUT2D eigenvalue weighted by Gasteiger charge is -2.42. The molecule has 7 nitrogen and oxygen atoms in total. The van der Waals surface area contributed by atoms with Crippen LogP contribution in [0.15, 0.2) is 36.4 Å². The van der Waals surface area contributed by atoms with E-state index in [2.05, 4.69) is 5.32 Å². The largest absolute Gasteiger partial charge is 0.493 e. The number of halogens is 6. The van der Waals surface area contributed by atoms with Crippen LogP contribution >= 0.6 is 0 Å². The minimum absolute atomic E-state index is 0.126. The summed E-state index contributed by atoms with van der Waals surface area (Å²) in [4.78, 5) is 14.8. The Morgan fingerprint density at radius 2 is 1.61 bits per heavy atom. The quantitative estimate of drug-likeness (QED) is 0.221. The molecule has 1 saturated heterocycles. The molecule has 0 radical (unpaired) electrons. The zero-order valence-corrected chi connectivity index (χ0v) is 25.1. The normalized spacial score (nSPS) is 19.2. The molecule has 2 aliphatic heterocycles. The molecule has 2 aromatic carbocycles. The molecule has 0 bridgehead atoms. The lowest BCUT2D eigenvalue weighted by Crippen LogP contribution is -2.53. The number of nitrogens with zero attached hydrogens (tertiary/aromatic N) is 1. The fourth-order valence-electron chi connectivity index (χ4n) is 5.65. The first-order chi connectivity index (χ1) is 20.4. The first kappa shape index (κ1) is 33.5. The van der Waals surface area contributed by atoms with Crippen molar-refractivity contribution in [1.29, 1.82) is 0 Å². The highest BCUT2D eigenvalue weighted by atomic mass is 19.4. The first-order valence-electron chi connectivity index (χ1n) is 14.5. The van der Waals surface area contributed by atoms with Crippen molar-refractivity contribution in [2.75, 3.05) is 32.9 Å². The van der Waals surface area contributed by atoms with E-state index in [4.69, 9.17) is 14.2 Å². The minimum atomic E-state index is -5.97. The van der Waals surface area contributed by atoms with Crippen molar-refractivity contribution in [2.45, 2.75) is 76.9 Å². The van der Waals surface area contributed by atoms with Crippen molar-refractivity contribution >= 4 is 6.03 Å². The molecule has 44 heavy (non-hydrogen) atoms. The summed E-state index contributed by atoms with van der Waals surface area (Å²) in [6, 6.07) is 7.78. The third-order valence-corrected chi connectivity index (χ3v) is 8.25. The number of aliphatic hydroxyl groups is 1.